The van der Waals surface area contributed by atoms with Gasteiger partial charge in [-0.2, -0.15) is 0 Å². The van der Waals surface area contributed by atoms with Crippen LogP contribution in [0.2, 0.25) is 0 Å². The predicted molar refractivity (Wildman–Crippen MR) is 86.2 cm³/mol. The summed E-state index contributed by atoms with van der Waals surface area (Å²) in [4.78, 5) is 43.9. The van der Waals surface area contributed by atoms with Crippen LogP contribution in [-0.4, -0.2) is 51.7 Å². The summed E-state index contributed by atoms with van der Waals surface area (Å²) in [5.74, 6) is -0.327. The minimum absolute atomic E-state index is 0.0421. The van der Waals surface area contributed by atoms with Crippen LogP contribution in [0, 0.1) is 0 Å². The molecule has 0 unspecified atom stereocenters. The van der Waals surface area contributed by atoms with Gasteiger partial charge in [-0.05, 0) is 25.0 Å². The van der Waals surface area contributed by atoms with Crippen LogP contribution in [0.15, 0.2) is 12.1 Å². The molecule has 1 saturated heterocycles. The first kappa shape index (κ1) is 16.6. The van der Waals surface area contributed by atoms with Crippen molar-refractivity contribution in [1.29, 1.82) is 0 Å². The fourth-order valence-electron chi connectivity index (χ4n) is 3.45. The first-order valence-electron chi connectivity index (χ1n) is 8.18. The number of aliphatic hydroxyl groups excluding tert-OH is 1. The highest BCUT2D eigenvalue weighted by Gasteiger charge is 2.34. The Morgan fingerprint density at radius 2 is 1.96 bits per heavy atom. The molecule has 1 aromatic heterocycles. The fourth-order valence-corrected chi connectivity index (χ4v) is 3.45. The van der Waals surface area contributed by atoms with E-state index in [-0.39, 0.29) is 43.1 Å². The molecule has 2 aliphatic rings. The molecule has 2 aliphatic heterocycles. The van der Waals surface area contributed by atoms with Crippen molar-refractivity contribution in [2.75, 3.05) is 18.0 Å². The maximum Gasteiger partial charge on any atom is 0.234 e. The molecule has 0 aliphatic carbocycles. The van der Waals surface area contributed by atoms with Gasteiger partial charge in [0.15, 0.2) is 0 Å². The smallest absolute Gasteiger partial charge is 0.234 e. The largest absolute Gasteiger partial charge is 0.390 e. The van der Waals surface area contributed by atoms with Crippen molar-refractivity contribution in [3.63, 3.8) is 0 Å². The summed E-state index contributed by atoms with van der Waals surface area (Å²) in [6.45, 7) is 2.56. The van der Waals surface area contributed by atoms with E-state index in [0.717, 1.165) is 0 Å². The van der Waals surface area contributed by atoms with Gasteiger partial charge in [-0.25, -0.2) is 0 Å². The highest BCUT2D eigenvalue weighted by molar-refractivity contribution is 6.09. The molecule has 3 rings (SSSR count). The molecule has 0 spiro atoms. The number of rotatable bonds is 2. The number of anilines is 1. The standard InChI is InChI=1S/C17H21N3O4/c1-11(22)19-6-4-13(5-7-19)20-16-3-2-12(10-21)18-15(16)8-14(23)9-17(20)24/h2-3,13,21H,4-10H2,1H3. The molecule has 2 amide bonds. The van der Waals surface area contributed by atoms with E-state index >= 15 is 0 Å². The maximum atomic E-state index is 12.6. The number of nitrogens with zero attached hydrogens (tertiary/aromatic N) is 3. The fraction of sp³-hybridized carbons (Fsp3) is 0.529. The van der Waals surface area contributed by atoms with E-state index in [1.54, 1.807) is 28.9 Å². The molecule has 7 heteroatoms. The lowest BCUT2D eigenvalue weighted by atomic mass is 10.0. The van der Waals surface area contributed by atoms with Crippen molar-refractivity contribution >= 4 is 23.3 Å². The Labute approximate surface area is 140 Å². The van der Waals surface area contributed by atoms with Gasteiger partial charge >= 0.3 is 0 Å². The molecule has 7 nitrogen and oxygen atoms in total. The Kier molecular flexibility index (Phi) is 4.62. The van der Waals surface area contributed by atoms with E-state index < -0.39 is 0 Å². The number of hydrogen-bond acceptors (Lipinski definition) is 5. The highest BCUT2D eigenvalue weighted by atomic mass is 16.3. The van der Waals surface area contributed by atoms with Gasteiger partial charge in [-0.1, -0.05) is 0 Å². The molecule has 3 heterocycles. The molecule has 1 aromatic rings. The number of carbonyl (C=O) groups is 3. The van der Waals surface area contributed by atoms with Gasteiger partial charge in [-0.15, -0.1) is 0 Å². The Morgan fingerprint density at radius 3 is 2.58 bits per heavy atom. The third kappa shape index (κ3) is 3.17. The number of hydrogen-bond donors (Lipinski definition) is 1. The van der Waals surface area contributed by atoms with Crippen LogP contribution >= 0.6 is 0 Å². The van der Waals surface area contributed by atoms with E-state index in [4.69, 9.17) is 0 Å². The highest BCUT2D eigenvalue weighted by Crippen LogP contribution is 2.30. The van der Waals surface area contributed by atoms with Gasteiger partial charge in [0.25, 0.3) is 0 Å². The van der Waals surface area contributed by atoms with E-state index in [1.807, 2.05) is 0 Å². The van der Waals surface area contributed by atoms with E-state index in [9.17, 15) is 19.5 Å². The van der Waals surface area contributed by atoms with Crippen LogP contribution < -0.4 is 4.90 Å². The van der Waals surface area contributed by atoms with E-state index in [1.165, 1.54) is 0 Å². The van der Waals surface area contributed by atoms with Crippen LogP contribution in [0.1, 0.15) is 37.6 Å². The molecule has 24 heavy (non-hydrogen) atoms. The number of pyridine rings is 1. The average molecular weight is 331 g/mol. The van der Waals surface area contributed by atoms with Crippen LogP contribution in [0.4, 0.5) is 5.69 Å². The summed E-state index contributed by atoms with van der Waals surface area (Å²) in [5.41, 5.74) is 1.69. The normalized spacial score (nSPS) is 19.2. The zero-order chi connectivity index (χ0) is 17.3. The van der Waals surface area contributed by atoms with Crippen molar-refractivity contribution in [3.8, 4) is 0 Å². The zero-order valence-electron chi connectivity index (χ0n) is 13.7. The second-order valence-corrected chi connectivity index (χ2v) is 6.32. The molecular weight excluding hydrogens is 310 g/mol. The molecule has 0 atom stereocenters. The minimum atomic E-state index is -0.210. The molecule has 128 valence electrons. The molecular formula is C17H21N3O4. The van der Waals surface area contributed by atoms with Crippen LogP contribution in [0.5, 0.6) is 0 Å². The minimum Gasteiger partial charge on any atom is -0.390 e. The monoisotopic (exact) mass is 331 g/mol. The van der Waals surface area contributed by atoms with Crippen molar-refractivity contribution in [2.24, 2.45) is 0 Å². The molecule has 1 N–H and O–H groups in total. The van der Waals surface area contributed by atoms with Crippen molar-refractivity contribution in [2.45, 2.75) is 45.3 Å². The Bertz CT molecular complexity index is 680. The number of aliphatic hydroxyl groups is 1. The molecule has 0 radical (unpaired) electrons. The maximum absolute atomic E-state index is 12.6. The zero-order valence-corrected chi connectivity index (χ0v) is 13.7. The second-order valence-electron chi connectivity index (χ2n) is 6.32. The molecule has 0 aromatic carbocycles. The van der Waals surface area contributed by atoms with Crippen LogP contribution in [0.25, 0.3) is 0 Å². The third-order valence-electron chi connectivity index (χ3n) is 4.69. The van der Waals surface area contributed by atoms with Gasteiger partial charge < -0.3 is 14.9 Å². The van der Waals surface area contributed by atoms with Crippen molar-refractivity contribution in [3.05, 3.63) is 23.5 Å². The number of amides is 2. The number of fused-ring (bicyclic) bond motifs is 1. The number of carbonyl (C=O) groups excluding carboxylic acids is 3. The Hall–Kier alpha value is -2.28. The first-order valence-corrected chi connectivity index (χ1v) is 8.18. The van der Waals surface area contributed by atoms with E-state index in [2.05, 4.69) is 4.98 Å². The Balaban J connectivity index is 1.91. The van der Waals surface area contributed by atoms with Crippen molar-refractivity contribution < 1.29 is 19.5 Å². The summed E-state index contributed by atoms with van der Waals surface area (Å²) in [5, 5.41) is 9.26. The number of likely N-dealkylation sites (tertiary alicyclic amines) is 1. The van der Waals surface area contributed by atoms with E-state index in [0.29, 0.717) is 43.0 Å². The molecule has 0 bridgehead atoms. The summed E-state index contributed by atoms with van der Waals surface area (Å²) in [6, 6.07) is 3.40. The van der Waals surface area contributed by atoms with Gasteiger partial charge in [0, 0.05) is 26.1 Å². The SMILES string of the molecule is CC(=O)N1CCC(N2C(=O)CC(=O)Cc3nc(CO)ccc32)CC1. The quantitative estimate of drug-likeness (QED) is 0.794. The number of Topliss-reactive ketones (excluding diaryl/α,β-unsaturated/α-hetero) is 1. The van der Waals surface area contributed by atoms with Gasteiger partial charge in [-0.3, -0.25) is 19.4 Å². The Morgan fingerprint density at radius 1 is 1.25 bits per heavy atom. The van der Waals surface area contributed by atoms with Gasteiger partial charge in [0.2, 0.25) is 11.8 Å². The number of piperidine rings is 1. The first-order chi connectivity index (χ1) is 11.5. The molecule has 1 fully saturated rings. The lowest BCUT2D eigenvalue weighted by molar-refractivity contribution is -0.129. The summed E-state index contributed by atoms with van der Waals surface area (Å²) in [6.07, 6.45) is 1.34. The average Bonchev–Trinajstić information content (AvgIpc) is 2.68. The number of aromatic nitrogens is 1. The van der Waals surface area contributed by atoms with Gasteiger partial charge in [0.05, 0.1) is 36.5 Å². The summed E-state index contributed by atoms with van der Waals surface area (Å²) < 4.78 is 0. The lowest BCUT2D eigenvalue weighted by Gasteiger charge is -2.38. The van der Waals surface area contributed by atoms with Crippen LogP contribution in [-0.2, 0) is 27.4 Å². The van der Waals surface area contributed by atoms with Crippen molar-refractivity contribution in [1.82, 2.24) is 9.88 Å². The predicted octanol–water partition coefficient (Wildman–Crippen LogP) is 0.433. The lowest BCUT2D eigenvalue weighted by Crippen LogP contribution is -2.48. The third-order valence-corrected chi connectivity index (χ3v) is 4.69. The molecule has 0 saturated carbocycles. The van der Waals surface area contributed by atoms with Gasteiger partial charge in [0.1, 0.15) is 5.78 Å². The number of ketones is 1. The second kappa shape index (κ2) is 6.68. The van der Waals surface area contributed by atoms with Crippen LogP contribution in [0.3, 0.4) is 0 Å². The summed E-state index contributed by atoms with van der Waals surface area (Å²) in [7, 11) is 0. The summed E-state index contributed by atoms with van der Waals surface area (Å²) >= 11 is 0. The topological polar surface area (TPSA) is 90.8 Å².